The average molecular weight is 277 g/mol. The first-order valence-corrected chi connectivity index (χ1v) is 8.33. The molecule has 3 rings (SSSR count). The molecule has 3 heteroatoms. The Bertz CT molecular complexity index is 417. The Hall–Kier alpha value is -0.510. The van der Waals surface area contributed by atoms with Gasteiger partial charge in [-0.25, -0.2) is 0 Å². The Kier molecular flexibility index (Phi) is 4.46. The topological polar surface area (TPSA) is 12.5 Å². The van der Waals surface area contributed by atoms with Crippen molar-refractivity contribution in [1.29, 1.82) is 0 Å². The Morgan fingerprint density at radius 2 is 2.16 bits per heavy atom. The molecule has 0 saturated carbocycles. The van der Waals surface area contributed by atoms with Gasteiger partial charge in [0.2, 0.25) is 0 Å². The van der Waals surface area contributed by atoms with Gasteiger partial charge in [0.1, 0.15) is 0 Å². The molecule has 0 spiro atoms. The summed E-state index contributed by atoms with van der Waals surface area (Å²) < 4.78 is 5.84. The van der Waals surface area contributed by atoms with Crippen molar-refractivity contribution in [2.75, 3.05) is 32.5 Å². The van der Waals surface area contributed by atoms with E-state index >= 15 is 0 Å². The van der Waals surface area contributed by atoms with Crippen molar-refractivity contribution in [3.8, 4) is 0 Å². The van der Waals surface area contributed by atoms with Crippen molar-refractivity contribution < 1.29 is 4.74 Å². The lowest BCUT2D eigenvalue weighted by Gasteiger charge is -2.28. The number of ether oxygens (including phenoxy) is 1. The highest BCUT2D eigenvalue weighted by Crippen LogP contribution is 2.39. The molecular formula is C16H23NOS. The number of rotatable bonds is 4. The monoisotopic (exact) mass is 277 g/mol. The SMILES string of the molecule is CN(CC1CCCCO1)CC1CSc2ccccc21. The summed E-state index contributed by atoms with van der Waals surface area (Å²) in [6, 6.07) is 8.87. The number of fused-ring (bicyclic) bond motifs is 1. The molecule has 104 valence electrons. The summed E-state index contributed by atoms with van der Waals surface area (Å²) in [5, 5.41) is 0. The number of hydrogen-bond acceptors (Lipinski definition) is 3. The van der Waals surface area contributed by atoms with Gasteiger partial charge in [0.15, 0.2) is 0 Å². The Labute approximate surface area is 120 Å². The van der Waals surface area contributed by atoms with Gasteiger partial charge in [-0.3, -0.25) is 0 Å². The van der Waals surface area contributed by atoms with E-state index in [1.165, 1.54) is 29.9 Å². The van der Waals surface area contributed by atoms with Crippen LogP contribution < -0.4 is 0 Å². The van der Waals surface area contributed by atoms with Gasteiger partial charge < -0.3 is 9.64 Å². The van der Waals surface area contributed by atoms with E-state index in [0.717, 1.165) is 19.7 Å². The van der Waals surface area contributed by atoms with Gasteiger partial charge in [-0.15, -0.1) is 11.8 Å². The van der Waals surface area contributed by atoms with Crippen molar-refractivity contribution in [3.63, 3.8) is 0 Å². The summed E-state index contributed by atoms with van der Waals surface area (Å²) in [4.78, 5) is 3.94. The molecule has 1 aromatic rings. The van der Waals surface area contributed by atoms with Gasteiger partial charge in [0.05, 0.1) is 6.10 Å². The molecule has 0 aromatic heterocycles. The third-order valence-electron chi connectivity index (χ3n) is 4.12. The minimum absolute atomic E-state index is 0.461. The van der Waals surface area contributed by atoms with Gasteiger partial charge in [0, 0.05) is 36.3 Å². The summed E-state index contributed by atoms with van der Waals surface area (Å²) in [6.45, 7) is 3.20. The highest BCUT2D eigenvalue weighted by molar-refractivity contribution is 7.99. The average Bonchev–Trinajstić information content (AvgIpc) is 2.83. The normalized spacial score (nSPS) is 26.6. The number of nitrogens with zero attached hydrogens (tertiary/aromatic N) is 1. The molecular weight excluding hydrogens is 254 g/mol. The maximum absolute atomic E-state index is 5.84. The molecule has 2 nitrogen and oxygen atoms in total. The second kappa shape index (κ2) is 6.29. The maximum atomic E-state index is 5.84. The van der Waals surface area contributed by atoms with E-state index in [-0.39, 0.29) is 0 Å². The van der Waals surface area contributed by atoms with Crippen LogP contribution in [-0.4, -0.2) is 43.5 Å². The third kappa shape index (κ3) is 3.33. The predicted octanol–water partition coefficient (Wildman–Crippen LogP) is 3.38. The fourth-order valence-electron chi connectivity index (χ4n) is 3.13. The largest absolute Gasteiger partial charge is 0.377 e. The number of thioether (sulfide) groups is 1. The van der Waals surface area contributed by atoms with Crippen molar-refractivity contribution in [1.82, 2.24) is 4.90 Å². The summed E-state index contributed by atoms with van der Waals surface area (Å²) >= 11 is 2.01. The maximum Gasteiger partial charge on any atom is 0.0701 e. The molecule has 0 amide bonds. The molecule has 0 bridgehead atoms. The molecule has 2 unspecified atom stereocenters. The zero-order valence-corrected chi connectivity index (χ0v) is 12.5. The molecule has 1 aromatic carbocycles. The summed E-state index contributed by atoms with van der Waals surface area (Å²) in [5.74, 6) is 1.92. The highest BCUT2D eigenvalue weighted by atomic mass is 32.2. The minimum atomic E-state index is 0.461. The van der Waals surface area contributed by atoms with Crippen LogP contribution >= 0.6 is 11.8 Å². The van der Waals surface area contributed by atoms with Crippen molar-refractivity contribution in [3.05, 3.63) is 29.8 Å². The quantitative estimate of drug-likeness (QED) is 0.837. The van der Waals surface area contributed by atoms with E-state index in [9.17, 15) is 0 Å². The predicted molar refractivity (Wildman–Crippen MR) is 81.0 cm³/mol. The van der Waals surface area contributed by atoms with Crippen molar-refractivity contribution in [2.45, 2.75) is 36.2 Å². The first kappa shape index (κ1) is 13.5. The smallest absolute Gasteiger partial charge is 0.0701 e. The molecule has 0 N–H and O–H groups in total. The van der Waals surface area contributed by atoms with Crippen LogP contribution in [0.2, 0.25) is 0 Å². The number of likely N-dealkylation sites (N-methyl/N-ethyl adjacent to an activating group) is 1. The lowest BCUT2D eigenvalue weighted by Crippen LogP contribution is -2.35. The standard InChI is InChI=1S/C16H23NOS/c1-17(11-14-6-4-5-9-18-14)10-13-12-19-16-8-3-2-7-15(13)16/h2-3,7-8,13-14H,4-6,9-12H2,1H3. The van der Waals surface area contributed by atoms with E-state index in [1.54, 1.807) is 5.56 Å². The van der Waals surface area contributed by atoms with E-state index in [2.05, 4.69) is 36.2 Å². The summed E-state index contributed by atoms with van der Waals surface area (Å²) in [7, 11) is 2.24. The lowest BCUT2D eigenvalue weighted by atomic mass is 10.0. The van der Waals surface area contributed by atoms with Gasteiger partial charge in [0.25, 0.3) is 0 Å². The van der Waals surface area contributed by atoms with Gasteiger partial charge >= 0.3 is 0 Å². The molecule has 0 aliphatic carbocycles. The second-order valence-electron chi connectivity index (χ2n) is 5.76. The molecule has 0 radical (unpaired) electrons. The van der Waals surface area contributed by atoms with Gasteiger partial charge in [-0.2, -0.15) is 0 Å². The first-order valence-electron chi connectivity index (χ1n) is 7.35. The molecule has 1 saturated heterocycles. The lowest BCUT2D eigenvalue weighted by molar-refractivity contribution is -0.00194. The van der Waals surface area contributed by atoms with Crippen molar-refractivity contribution in [2.24, 2.45) is 0 Å². The van der Waals surface area contributed by atoms with E-state index in [4.69, 9.17) is 4.74 Å². The molecule has 2 atom stereocenters. The molecule has 2 aliphatic rings. The fraction of sp³-hybridized carbons (Fsp3) is 0.625. The first-order chi connectivity index (χ1) is 9.33. The van der Waals surface area contributed by atoms with Crippen molar-refractivity contribution >= 4 is 11.8 Å². The Morgan fingerprint density at radius 3 is 3.00 bits per heavy atom. The molecule has 2 aliphatic heterocycles. The van der Waals surface area contributed by atoms with E-state index < -0.39 is 0 Å². The number of benzene rings is 1. The van der Waals surface area contributed by atoms with E-state index in [0.29, 0.717) is 12.0 Å². The minimum Gasteiger partial charge on any atom is -0.377 e. The molecule has 2 heterocycles. The van der Waals surface area contributed by atoms with Gasteiger partial charge in [-0.05, 0) is 37.9 Å². The van der Waals surface area contributed by atoms with Crippen LogP contribution in [0.4, 0.5) is 0 Å². The van der Waals surface area contributed by atoms with Crippen LogP contribution in [0, 0.1) is 0 Å². The highest BCUT2D eigenvalue weighted by Gasteiger charge is 2.25. The zero-order valence-electron chi connectivity index (χ0n) is 11.7. The molecule has 19 heavy (non-hydrogen) atoms. The van der Waals surface area contributed by atoms with E-state index in [1.807, 2.05) is 11.8 Å². The summed E-state index contributed by atoms with van der Waals surface area (Å²) in [6.07, 6.45) is 4.27. The van der Waals surface area contributed by atoms with Crippen LogP contribution in [0.25, 0.3) is 0 Å². The third-order valence-corrected chi connectivity index (χ3v) is 5.37. The summed E-state index contributed by atoms with van der Waals surface area (Å²) in [5.41, 5.74) is 1.55. The zero-order chi connectivity index (χ0) is 13.1. The van der Waals surface area contributed by atoms with Crippen LogP contribution in [0.1, 0.15) is 30.7 Å². The number of hydrogen-bond donors (Lipinski definition) is 0. The molecule has 1 fully saturated rings. The Balaban J connectivity index is 1.54. The fourth-order valence-corrected chi connectivity index (χ4v) is 4.37. The second-order valence-corrected chi connectivity index (χ2v) is 6.82. The van der Waals surface area contributed by atoms with Crippen LogP contribution in [-0.2, 0) is 4.74 Å². The van der Waals surface area contributed by atoms with Crippen LogP contribution in [0.3, 0.4) is 0 Å². The van der Waals surface area contributed by atoms with Gasteiger partial charge in [-0.1, -0.05) is 18.2 Å². The van der Waals surface area contributed by atoms with Crippen LogP contribution in [0.5, 0.6) is 0 Å². The Morgan fingerprint density at radius 1 is 1.26 bits per heavy atom. The van der Waals surface area contributed by atoms with Crippen LogP contribution in [0.15, 0.2) is 29.2 Å².